The summed E-state index contributed by atoms with van der Waals surface area (Å²) in [5.41, 5.74) is 4.89. The van der Waals surface area contributed by atoms with Gasteiger partial charge in [-0.05, 0) is 6.42 Å². The molecule has 0 spiro atoms. The van der Waals surface area contributed by atoms with Gasteiger partial charge in [-0.25, -0.2) is 0 Å². The predicted molar refractivity (Wildman–Crippen MR) is 60.2 cm³/mol. The molecule has 0 aromatic carbocycles. The molecule has 0 radical (unpaired) electrons. The number of carbonyl (C=O) groups is 2. The molecule has 2 unspecified atom stereocenters. The van der Waals surface area contributed by atoms with E-state index in [0.717, 1.165) is 0 Å². The Morgan fingerprint density at radius 3 is 2.88 bits per heavy atom. The molecule has 0 saturated carbocycles. The second kappa shape index (κ2) is 7.21. The van der Waals surface area contributed by atoms with Gasteiger partial charge in [0.25, 0.3) is 0 Å². The van der Waals surface area contributed by atoms with Crippen LogP contribution in [-0.2, 0) is 19.1 Å². The van der Waals surface area contributed by atoms with Crippen molar-refractivity contribution in [3.8, 4) is 0 Å². The lowest BCUT2D eigenvalue weighted by Gasteiger charge is -2.11. The molecule has 4 N–H and O–H groups in total. The van der Waals surface area contributed by atoms with Crippen LogP contribution in [0.2, 0.25) is 0 Å². The largest absolute Gasteiger partial charge is 0.380 e. The maximum absolute atomic E-state index is 11.6. The maximum atomic E-state index is 11.6. The highest BCUT2D eigenvalue weighted by Gasteiger charge is 2.28. The van der Waals surface area contributed by atoms with Crippen molar-refractivity contribution in [2.75, 3.05) is 33.4 Å². The third-order valence-corrected chi connectivity index (χ3v) is 2.53. The molecule has 17 heavy (non-hydrogen) atoms. The molecule has 0 aromatic heterocycles. The summed E-state index contributed by atoms with van der Waals surface area (Å²) in [7, 11) is 1.63. The van der Waals surface area contributed by atoms with E-state index in [-0.39, 0.29) is 31.3 Å². The Morgan fingerprint density at radius 1 is 1.53 bits per heavy atom. The van der Waals surface area contributed by atoms with E-state index in [2.05, 4.69) is 10.6 Å². The van der Waals surface area contributed by atoms with Crippen molar-refractivity contribution >= 4 is 11.8 Å². The fourth-order valence-corrected chi connectivity index (χ4v) is 1.62. The quantitative estimate of drug-likeness (QED) is 0.449. The number of nitrogens with two attached hydrogens (primary N) is 1. The zero-order valence-electron chi connectivity index (χ0n) is 9.90. The lowest BCUT2D eigenvalue weighted by atomic mass is 10.2. The molecule has 0 aromatic rings. The summed E-state index contributed by atoms with van der Waals surface area (Å²) in [6.07, 6.45) is 0.765. The molecular formula is C10H19N3O4. The van der Waals surface area contributed by atoms with Gasteiger partial charge in [0.05, 0.1) is 18.8 Å². The van der Waals surface area contributed by atoms with E-state index in [4.69, 9.17) is 15.2 Å². The number of hydrogen-bond acceptors (Lipinski definition) is 5. The van der Waals surface area contributed by atoms with Crippen LogP contribution in [0.1, 0.15) is 6.42 Å². The number of nitrogens with one attached hydrogen (secondary N) is 2. The van der Waals surface area contributed by atoms with Crippen molar-refractivity contribution < 1.29 is 19.1 Å². The van der Waals surface area contributed by atoms with Gasteiger partial charge in [0.1, 0.15) is 6.61 Å². The van der Waals surface area contributed by atoms with Crippen LogP contribution < -0.4 is 16.4 Å². The Morgan fingerprint density at radius 2 is 2.29 bits per heavy atom. The average molecular weight is 245 g/mol. The maximum Gasteiger partial charge on any atom is 0.243 e. The SMILES string of the molecule is COC1CNC(C(=O)NCCOCC(N)=O)C1. The van der Waals surface area contributed by atoms with Gasteiger partial charge >= 0.3 is 0 Å². The first kappa shape index (κ1) is 13.9. The molecule has 0 aliphatic carbocycles. The fourth-order valence-electron chi connectivity index (χ4n) is 1.62. The first-order valence-corrected chi connectivity index (χ1v) is 5.53. The van der Waals surface area contributed by atoms with E-state index >= 15 is 0 Å². The molecule has 1 fully saturated rings. The Kier molecular flexibility index (Phi) is 5.88. The lowest BCUT2D eigenvalue weighted by molar-refractivity contribution is -0.123. The second-order valence-electron chi connectivity index (χ2n) is 3.86. The van der Waals surface area contributed by atoms with Crippen molar-refractivity contribution in [1.82, 2.24) is 10.6 Å². The third-order valence-electron chi connectivity index (χ3n) is 2.53. The molecule has 1 heterocycles. The van der Waals surface area contributed by atoms with E-state index in [1.165, 1.54) is 0 Å². The molecule has 0 bridgehead atoms. The normalized spacial score (nSPS) is 23.6. The first-order chi connectivity index (χ1) is 8.13. The van der Waals surface area contributed by atoms with Gasteiger partial charge < -0.3 is 25.8 Å². The summed E-state index contributed by atoms with van der Waals surface area (Å²) in [6.45, 7) is 1.20. The highest BCUT2D eigenvalue weighted by Crippen LogP contribution is 2.09. The van der Waals surface area contributed by atoms with Crippen LogP contribution in [0.5, 0.6) is 0 Å². The molecule has 98 valence electrons. The Hall–Kier alpha value is -1.18. The van der Waals surface area contributed by atoms with Gasteiger partial charge in [0.2, 0.25) is 11.8 Å². The molecule has 1 saturated heterocycles. The van der Waals surface area contributed by atoms with E-state index in [1.807, 2.05) is 0 Å². The van der Waals surface area contributed by atoms with Crippen molar-refractivity contribution in [2.45, 2.75) is 18.6 Å². The number of rotatable bonds is 7. The van der Waals surface area contributed by atoms with Crippen LogP contribution in [0, 0.1) is 0 Å². The van der Waals surface area contributed by atoms with Crippen LogP contribution in [0.4, 0.5) is 0 Å². The molecule has 7 heteroatoms. The minimum Gasteiger partial charge on any atom is -0.380 e. The first-order valence-electron chi connectivity index (χ1n) is 5.53. The smallest absolute Gasteiger partial charge is 0.243 e. The van der Waals surface area contributed by atoms with Crippen LogP contribution in [-0.4, -0.2) is 57.4 Å². The Bertz CT molecular complexity index is 272. The fraction of sp³-hybridized carbons (Fsp3) is 0.800. The molecule has 1 rings (SSSR count). The average Bonchev–Trinajstić information content (AvgIpc) is 2.76. The zero-order valence-corrected chi connectivity index (χ0v) is 9.90. The third kappa shape index (κ3) is 5.12. The van der Waals surface area contributed by atoms with E-state index in [1.54, 1.807) is 7.11 Å². The summed E-state index contributed by atoms with van der Waals surface area (Å²) in [5.74, 6) is -0.594. The van der Waals surface area contributed by atoms with Crippen LogP contribution in [0.3, 0.4) is 0 Å². The van der Waals surface area contributed by atoms with Crippen LogP contribution >= 0.6 is 0 Å². The van der Waals surface area contributed by atoms with Crippen LogP contribution in [0.15, 0.2) is 0 Å². The Labute approximate surface area is 100 Å². The molecule has 7 nitrogen and oxygen atoms in total. The van der Waals surface area contributed by atoms with Gasteiger partial charge in [-0.2, -0.15) is 0 Å². The number of amides is 2. The number of carbonyl (C=O) groups excluding carboxylic acids is 2. The van der Waals surface area contributed by atoms with Crippen molar-refractivity contribution in [3.05, 3.63) is 0 Å². The number of methoxy groups -OCH3 is 1. The summed E-state index contributed by atoms with van der Waals surface area (Å²) in [4.78, 5) is 22.0. The van der Waals surface area contributed by atoms with E-state index < -0.39 is 5.91 Å². The minimum atomic E-state index is -0.517. The van der Waals surface area contributed by atoms with Gasteiger partial charge in [-0.15, -0.1) is 0 Å². The minimum absolute atomic E-state index is 0.0766. The summed E-state index contributed by atoms with van der Waals surface area (Å²) < 4.78 is 10.1. The van der Waals surface area contributed by atoms with E-state index in [0.29, 0.717) is 19.5 Å². The van der Waals surface area contributed by atoms with Gasteiger partial charge in [0.15, 0.2) is 0 Å². The number of primary amides is 1. The van der Waals surface area contributed by atoms with Gasteiger partial charge in [0, 0.05) is 20.2 Å². The summed E-state index contributed by atoms with van der Waals surface area (Å²) >= 11 is 0. The monoisotopic (exact) mass is 245 g/mol. The molecule has 2 atom stereocenters. The van der Waals surface area contributed by atoms with E-state index in [9.17, 15) is 9.59 Å². The van der Waals surface area contributed by atoms with Crippen molar-refractivity contribution in [2.24, 2.45) is 5.73 Å². The topological polar surface area (TPSA) is 103 Å². The molecule has 2 amide bonds. The highest BCUT2D eigenvalue weighted by atomic mass is 16.5. The van der Waals surface area contributed by atoms with Crippen LogP contribution in [0.25, 0.3) is 0 Å². The lowest BCUT2D eigenvalue weighted by Crippen LogP contribution is -2.41. The summed E-state index contributed by atoms with van der Waals surface area (Å²) in [6, 6.07) is -0.212. The predicted octanol–water partition coefficient (Wildman–Crippen LogP) is -2.02. The second-order valence-corrected chi connectivity index (χ2v) is 3.86. The number of ether oxygens (including phenoxy) is 2. The zero-order chi connectivity index (χ0) is 12.7. The summed E-state index contributed by atoms with van der Waals surface area (Å²) in [5, 5.41) is 5.77. The standard InChI is InChI=1S/C10H19N3O4/c1-16-7-4-8(13-5-7)10(15)12-2-3-17-6-9(11)14/h7-8,13H,2-6H2,1H3,(H2,11,14)(H,12,15). The number of hydrogen-bond donors (Lipinski definition) is 3. The van der Waals surface area contributed by atoms with Gasteiger partial charge in [-0.3, -0.25) is 9.59 Å². The van der Waals surface area contributed by atoms with Crippen molar-refractivity contribution in [1.29, 1.82) is 0 Å². The molecule has 1 aliphatic rings. The Balaban J connectivity index is 2.07. The highest BCUT2D eigenvalue weighted by molar-refractivity contribution is 5.82. The van der Waals surface area contributed by atoms with Gasteiger partial charge in [-0.1, -0.05) is 0 Å². The molecule has 1 aliphatic heterocycles. The molecular weight excluding hydrogens is 226 g/mol. The van der Waals surface area contributed by atoms with Crippen molar-refractivity contribution in [3.63, 3.8) is 0 Å².